The van der Waals surface area contributed by atoms with E-state index in [0.29, 0.717) is 5.57 Å². The van der Waals surface area contributed by atoms with Crippen molar-refractivity contribution in [3.63, 3.8) is 0 Å². The van der Waals surface area contributed by atoms with Gasteiger partial charge in [-0.2, -0.15) is 0 Å². The van der Waals surface area contributed by atoms with Gasteiger partial charge in [-0.25, -0.2) is 0 Å². The molecular formula is C18H24N2O. The number of benzene rings is 1. The van der Waals surface area contributed by atoms with E-state index in [1.165, 1.54) is 0 Å². The summed E-state index contributed by atoms with van der Waals surface area (Å²) in [5, 5.41) is 0. The highest BCUT2D eigenvalue weighted by molar-refractivity contribution is 6.34. The molecule has 1 amide bonds. The molecule has 2 rings (SSSR count). The zero-order chi connectivity index (χ0) is 15.8. The largest absolute Gasteiger partial charge is 0.288 e. The quantitative estimate of drug-likeness (QED) is 0.769. The van der Waals surface area contributed by atoms with Gasteiger partial charge in [-0.1, -0.05) is 30.3 Å². The number of aliphatic imine (C=N–C) groups is 1. The molecule has 0 saturated carbocycles. The first-order chi connectivity index (χ1) is 9.59. The van der Waals surface area contributed by atoms with Crippen molar-refractivity contribution in [3.05, 3.63) is 42.0 Å². The average molecular weight is 284 g/mol. The van der Waals surface area contributed by atoms with Gasteiger partial charge >= 0.3 is 0 Å². The second-order valence-electron chi connectivity index (χ2n) is 7.38. The SMILES string of the molecule is CC(C)(C)N=C1C=C(c2ccccc2)C(=O)N1C(C)(C)C. The highest BCUT2D eigenvalue weighted by atomic mass is 16.2. The standard InChI is InChI=1S/C18H24N2O/c1-17(2,3)19-15-12-14(13-10-8-7-9-11-13)16(21)20(15)18(4,5)6/h7-12H,1-6H3. The molecule has 0 atom stereocenters. The summed E-state index contributed by atoms with van der Waals surface area (Å²) in [5.41, 5.74) is 1.14. The lowest BCUT2D eigenvalue weighted by molar-refractivity contribution is -0.123. The maximum atomic E-state index is 12.8. The van der Waals surface area contributed by atoms with Crippen LogP contribution in [-0.2, 0) is 4.79 Å². The Bertz CT molecular complexity index is 598. The number of carbonyl (C=O) groups is 1. The molecule has 0 radical (unpaired) electrons. The first-order valence-electron chi connectivity index (χ1n) is 7.31. The normalized spacial score (nSPS) is 18.4. The van der Waals surface area contributed by atoms with Crippen LogP contribution in [0.5, 0.6) is 0 Å². The van der Waals surface area contributed by atoms with Crippen molar-refractivity contribution >= 4 is 17.3 Å². The predicted molar refractivity (Wildman–Crippen MR) is 88.2 cm³/mol. The van der Waals surface area contributed by atoms with E-state index in [-0.39, 0.29) is 17.0 Å². The number of amides is 1. The van der Waals surface area contributed by atoms with Gasteiger partial charge in [0.15, 0.2) is 0 Å². The minimum atomic E-state index is -0.297. The van der Waals surface area contributed by atoms with Crippen molar-refractivity contribution in [1.82, 2.24) is 4.90 Å². The number of nitrogens with zero attached hydrogens (tertiary/aromatic N) is 2. The number of carbonyl (C=O) groups excluding carboxylic acids is 1. The molecule has 1 aromatic rings. The Morgan fingerprint density at radius 3 is 2.00 bits per heavy atom. The zero-order valence-corrected chi connectivity index (χ0v) is 13.8. The molecule has 0 N–H and O–H groups in total. The third kappa shape index (κ3) is 3.41. The topological polar surface area (TPSA) is 32.7 Å². The van der Waals surface area contributed by atoms with Gasteiger partial charge in [0.2, 0.25) is 0 Å². The Morgan fingerprint density at radius 1 is 0.952 bits per heavy atom. The van der Waals surface area contributed by atoms with Crippen LogP contribution in [0.3, 0.4) is 0 Å². The smallest absolute Gasteiger partial charge is 0.260 e. The Hall–Kier alpha value is -1.90. The number of hydrogen-bond acceptors (Lipinski definition) is 2. The van der Waals surface area contributed by atoms with Gasteiger partial charge in [-0.3, -0.25) is 14.7 Å². The van der Waals surface area contributed by atoms with E-state index >= 15 is 0 Å². The summed E-state index contributed by atoms with van der Waals surface area (Å²) >= 11 is 0. The summed E-state index contributed by atoms with van der Waals surface area (Å²) in [7, 11) is 0. The van der Waals surface area contributed by atoms with E-state index in [1.807, 2.05) is 78.0 Å². The number of hydrogen-bond donors (Lipinski definition) is 0. The van der Waals surface area contributed by atoms with Crippen molar-refractivity contribution in [1.29, 1.82) is 0 Å². The molecule has 1 aliphatic heterocycles. The summed E-state index contributed by atoms with van der Waals surface area (Å²) < 4.78 is 0. The monoisotopic (exact) mass is 284 g/mol. The molecule has 0 fully saturated rings. The zero-order valence-electron chi connectivity index (χ0n) is 13.8. The fraction of sp³-hybridized carbons (Fsp3) is 0.444. The van der Waals surface area contributed by atoms with Crippen LogP contribution in [0.25, 0.3) is 5.57 Å². The van der Waals surface area contributed by atoms with Gasteiger partial charge in [0, 0.05) is 5.54 Å². The summed E-state index contributed by atoms with van der Waals surface area (Å²) in [6.07, 6.45) is 1.91. The minimum absolute atomic E-state index is 0.0247. The lowest BCUT2D eigenvalue weighted by atomic mass is 10.0. The molecule has 0 bridgehead atoms. The third-order valence-corrected chi connectivity index (χ3v) is 3.14. The van der Waals surface area contributed by atoms with E-state index in [0.717, 1.165) is 11.4 Å². The van der Waals surface area contributed by atoms with Crippen molar-refractivity contribution in [2.75, 3.05) is 0 Å². The molecule has 1 heterocycles. The predicted octanol–water partition coefficient (Wildman–Crippen LogP) is 3.91. The molecule has 0 spiro atoms. The highest BCUT2D eigenvalue weighted by Crippen LogP contribution is 2.30. The Labute approximate surface area is 127 Å². The lowest BCUT2D eigenvalue weighted by Crippen LogP contribution is -2.46. The van der Waals surface area contributed by atoms with Crippen LogP contribution in [0.1, 0.15) is 47.1 Å². The molecule has 0 aliphatic carbocycles. The van der Waals surface area contributed by atoms with Crippen molar-refractivity contribution in [2.45, 2.75) is 52.6 Å². The van der Waals surface area contributed by atoms with Crippen LogP contribution in [-0.4, -0.2) is 27.7 Å². The molecule has 1 aliphatic rings. The van der Waals surface area contributed by atoms with Crippen LogP contribution in [0.4, 0.5) is 0 Å². The van der Waals surface area contributed by atoms with Crippen molar-refractivity contribution in [2.24, 2.45) is 4.99 Å². The first-order valence-corrected chi connectivity index (χ1v) is 7.31. The second-order valence-corrected chi connectivity index (χ2v) is 7.38. The van der Waals surface area contributed by atoms with Crippen LogP contribution in [0.15, 0.2) is 41.4 Å². The highest BCUT2D eigenvalue weighted by Gasteiger charge is 2.38. The van der Waals surface area contributed by atoms with E-state index in [4.69, 9.17) is 4.99 Å². The molecule has 3 nitrogen and oxygen atoms in total. The Balaban J connectivity index is 2.53. The van der Waals surface area contributed by atoms with Gasteiger partial charge in [0.25, 0.3) is 5.91 Å². The van der Waals surface area contributed by atoms with Gasteiger partial charge in [0.05, 0.1) is 11.1 Å². The number of amidine groups is 1. The van der Waals surface area contributed by atoms with Gasteiger partial charge in [-0.05, 0) is 53.2 Å². The fourth-order valence-electron chi connectivity index (χ4n) is 2.38. The summed E-state index contributed by atoms with van der Waals surface area (Å²) in [6, 6.07) is 9.78. The average Bonchev–Trinajstić information content (AvgIpc) is 2.64. The Morgan fingerprint density at radius 2 is 1.52 bits per heavy atom. The molecule has 0 saturated heterocycles. The number of rotatable bonds is 1. The van der Waals surface area contributed by atoms with Gasteiger partial charge in [0.1, 0.15) is 5.84 Å². The molecule has 0 aromatic heterocycles. The van der Waals surface area contributed by atoms with E-state index in [2.05, 4.69) is 0 Å². The van der Waals surface area contributed by atoms with Crippen molar-refractivity contribution < 1.29 is 4.79 Å². The first kappa shape index (κ1) is 15.5. The third-order valence-electron chi connectivity index (χ3n) is 3.14. The minimum Gasteiger partial charge on any atom is -0.288 e. The summed E-state index contributed by atoms with van der Waals surface area (Å²) in [5.74, 6) is 0.774. The van der Waals surface area contributed by atoms with E-state index in [1.54, 1.807) is 4.90 Å². The molecule has 3 heteroatoms. The summed E-state index contributed by atoms with van der Waals surface area (Å²) in [6.45, 7) is 12.2. The maximum Gasteiger partial charge on any atom is 0.260 e. The lowest BCUT2D eigenvalue weighted by Gasteiger charge is -2.33. The molecule has 112 valence electrons. The Kier molecular flexibility index (Phi) is 3.79. The molecule has 21 heavy (non-hydrogen) atoms. The summed E-state index contributed by atoms with van der Waals surface area (Å²) in [4.78, 5) is 19.3. The van der Waals surface area contributed by atoms with E-state index < -0.39 is 0 Å². The van der Waals surface area contributed by atoms with E-state index in [9.17, 15) is 4.79 Å². The van der Waals surface area contributed by atoms with Crippen LogP contribution >= 0.6 is 0 Å². The van der Waals surface area contributed by atoms with Crippen LogP contribution < -0.4 is 0 Å². The maximum absolute atomic E-state index is 12.8. The molecule has 1 aromatic carbocycles. The van der Waals surface area contributed by atoms with Crippen molar-refractivity contribution in [3.8, 4) is 0 Å². The second kappa shape index (κ2) is 5.14. The van der Waals surface area contributed by atoms with Gasteiger partial charge in [-0.15, -0.1) is 0 Å². The van der Waals surface area contributed by atoms with Crippen LogP contribution in [0.2, 0.25) is 0 Å². The molecule has 0 unspecified atom stereocenters. The van der Waals surface area contributed by atoms with Gasteiger partial charge < -0.3 is 0 Å². The van der Waals surface area contributed by atoms with Crippen LogP contribution in [0, 0.1) is 0 Å². The molecular weight excluding hydrogens is 260 g/mol. The fourth-order valence-corrected chi connectivity index (χ4v) is 2.38.